The van der Waals surface area contributed by atoms with Crippen LogP contribution in [-0.4, -0.2) is 19.7 Å². The Bertz CT molecular complexity index is 306. The molecule has 0 radical (unpaired) electrons. The first-order valence-electron chi connectivity index (χ1n) is 5.12. The van der Waals surface area contributed by atoms with Gasteiger partial charge in [-0.15, -0.1) is 0 Å². The lowest BCUT2D eigenvalue weighted by Gasteiger charge is -2.23. The minimum atomic E-state index is -0.980. The van der Waals surface area contributed by atoms with Gasteiger partial charge < -0.3 is 10.1 Å². The normalized spacial score (nSPS) is 32.3. The van der Waals surface area contributed by atoms with Crippen LogP contribution in [0.3, 0.4) is 0 Å². The van der Waals surface area contributed by atoms with Gasteiger partial charge in [0.2, 0.25) is 0 Å². The van der Waals surface area contributed by atoms with E-state index in [1.165, 1.54) is 0 Å². The maximum absolute atomic E-state index is 8.09. The van der Waals surface area contributed by atoms with E-state index in [2.05, 4.69) is 5.32 Å². The van der Waals surface area contributed by atoms with Crippen LogP contribution in [-0.2, 0) is 4.74 Å². The Morgan fingerprint density at radius 2 is 2.42 bits per heavy atom. The minimum Gasteiger partial charge on any atom is -0.371 e. The average molecular weight is 165 g/mol. The Labute approximate surface area is 75.4 Å². The van der Waals surface area contributed by atoms with E-state index >= 15 is 0 Å². The third-order valence-corrected chi connectivity index (χ3v) is 1.88. The summed E-state index contributed by atoms with van der Waals surface area (Å²) in [5, 5.41) is 3.13. The molecule has 0 bridgehead atoms. The highest BCUT2D eigenvalue weighted by atomic mass is 16.5. The molecule has 1 aromatic carbocycles. The van der Waals surface area contributed by atoms with Gasteiger partial charge in [0.15, 0.2) is 0 Å². The lowest BCUT2D eigenvalue weighted by Crippen LogP contribution is -2.33. The van der Waals surface area contributed by atoms with E-state index in [1.54, 1.807) is 24.3 Å². The van der Waals surface area contributed by atoms with Gasteiger partial charge in [-0.1, -0.05) is 30.3 Å². The van der Waals surface area contributed by atoms with Crippen molar-refractivity contribution in [3.8, 4) is 0 Å². The van der Waals surface area contributed by atoms with Crippen molar-refractivity contribution < 1.29 is 7.48 Å². The smallest absolute Gasteiger partial charge is 0.0949 e. The first kappa shape index (κ1) is 5.73. The fourth-order valence-corrected chi connectivity index (χ4v) is 1.26. The van der Waals surface area contributed by atoms with Crippen LogP contribution in [0, 0.1) is 0 Å². The zero-order valence-corrected chi connectivity index (χ0v) is 6.84. The Kier molecular flexibility index (Phi) is 1.76. The zero-order valence-electron chi connectivity index (χ0n) is 8.84. The van der Waals surface area contributed by atoms with E-state index in [-0.39, 0.29) is 0 Å². The molecule has 0 spiro atoms. The SMILES string of the molecule is [2H]c1ccc([C@@]2([2H])CNCCO2)cc1. The monoisotopic (exact) mass is 165 g/mol. The highest BCUT2D eigenvalue weighted by Gasteiger charge is 2.14. The predicted molar refractivity (Wildman–Crippen MR) is 48.0 cm³/mol. The van der Waals surface area contributed by atoms with Gasteiger partial charge in [0.05, 0.1) is 15.4 Å². The number of hydrogen-bond donors (Lipinski definition) is 1. The predicted octanol–water partition coefficient (Wildman–Crippen LogP) is 1.35. The molecular weight excluding hydrogens is 150 g/mol. The second kappa shape index (κ2) is 3.70. The number of hydrogen-bond acceptors (Lipinski definition) is 2. The summed E-state index contributed by atoms with van der Waals surface area (Å²) < 4.78 is 20.9. The summed E-state index contributed by atoms with van der Waals surface area (Å²) in [4.78, 5) is 0. The third-order valence-electron chi connectivity index (χ3n) is 1.88. The molecule has 0 aliphatic carbocycles. The van der Waals surface area contributed by atoms with Crippen LogP contribution in [0.25, 0.3) is 0 Å². The summed E-state index contributed by atoms with van der Waals surface area (Å²) in [6.45, 7) is 1.87. The zero-order chi connectivity index (χ0) is 10.0. The number of nitrogens with one attached hydrogen (secondary N) is 1. The summed E-state index contributed by atoms with van der Waals surface area (Å²) in [5.41, 5.74) is 0.806. The van der Waals surface area contributed by atoms with Crippen LogP contribution in [0.15, 0.2) is 30.3 Å². The van der Waals surface area contributed by atoms with Crippen molar-refractivity contribution in [2.24, 2.45) is 0 Å². The van der Waals surface area contributed by atoms with E-state index in [1.807, 2.05) is 0 Å². The van der Waals surface area contributed by atoms with Gasteiger partial charge in [0.1, 0.15) is 0 Å². The molecule has 0 saturated carbocycles. The van der Waals surface area contributed by atoms with Crippen LogP contribution < -0.4 is 5.32 Å². The number of benzene rings is 1. The molecule has 1 saturated heterocycles. The van der Waals surface area contributed by atoms with E-state index in [9.17, 15) is 0 Å². The Balaban J connectivity index is 2.23. The standard InChI is InChI=1S/C10H13NO/c1-2-4-9(5-3-1)10-8-11-6-7-12-10/h1-5,10-11H,6-8H2/t10-/m1/s1/i1D,10D. The van der Waals surface area contributed by atoms with Gasteiger partial charge in [-0.25, -0.2) is 0 Å². The van der Waals surface area contributed by atoms with Crippen molar-refractivity contribution in [3.63, 3.8) is 0 Å². The molecular formula is C10H13NO. The Morgan fingerprint density at radius 1 is 1.58 bits per heavy atom. The number of rotatable bonds is 1. The van der Waals surface area contributed by atoms with E-state index < -0.39 is 6.08 Å². The first-order chi connectivity index (χ1) is 6.71. The minimum absolute atomic E-state index is 0.459. The molecule has 0 aromatic heterocycles. The summed E-state index contributed by atoms with van der Waals surface area (Å²) >= 11 is 0. The molecule has 1 N–H and O–H groups in total. The van der Waals surface area contributed by atoms with Crippen LogP contribution in [0.1, 0.15) is 14.4 Å². The van der Waals surface area contributed by atoms with Gasteiger partial charge in [-0.3, -0.25) is 0 Å². The van der Waals surface area contributed by atoms with Crippen LogP contribution in [0.2, 0.25) is 0 Å². The van der Waals surface area contributed by atoms with Gasteiger partial charge >= 0.3 is 0 Å². The molecule has 1 heterocycles. The fourth-order valence-electron chi connectivity index (χ4n) is 1.26. The lowest BCUT2D eigenvalue weighted by molar-refractivity contribution is 0.0277. The quantitative estimate of drug-likeness (QED) is 0.678. The molecule has 1 atom stereocenters. The van der Waals surface area contributed by atoms with Gasteiger partial charge in [-0.05, 0) is 5.56 Å². The maximum Gasteiger partial charge on any atom is 0.0949 e. The molecule has 2 nitrogen and oxygen atoms in total. The topological polar surface area (TPSA) is 21.3 Å². The maximum atomic E-state index is 8.09. The molecule has 1 aromatic rings. The molecule has 0 amide bonds. The largest absolute Gasteiger partial charge is 0.371 e. The molecule has 64 valence electrons. The molecule has 1 aliphatic rings. The lowest BCUT2D eigenvalue weighted by atomic mass is 10.1. The van der Waals surface area contributed by atoms with Gasteiger partial charge in [-0.2, -0.15) is 0 Å². The van der Waals surface area contributed by atoms with Crippen LogP contribution in [0.4, 0.5) is 0 Å². The molecule has 12 heavy (non-hydrogen) atoms. The third kappa shape index (κ3) is 1.65. The van der Waals surface area contributed by atoms with Crippen molar-refractivity contribution >= 4 is 0 Å². The molecule has 1 aliphatic heterocycles. The van der Waals surface area contributed by atoms with Crippen molar-refractivity contribution in [2.45, 2.75) is 6.08 Å². The van der Waals surface area contributed by atoms with Crippen molar-refractivity contribution in [1.29, 1.82) is 0 Å². The highest BCUT2D eigenvalue weighted by Crippen LogP contribution is 2.17. The Morgan fingerprint density at radius 3 is 3.08 bits per heavy atom. The molecule has 2 rings (SSSR count). The van der Waals surface area contributed by atoms with E-state index in [4.69, 9.17) is 7.48 Å². The second-order valence-electron chi connectivity index (χ2n) is 2.74. The molecule has 2 heteroatoms. The number of ether oxygens (including phenoxy) is 1. The highest BCUT2D eigenvalue weighted by molar-refractivity contribution is 5.18. The van der Waals surface area contributed by atoms with Crippen molar-refractivity contribution in [1.82, 2.24) is 5.32 Å². The molecule has 0 unspecified atom stereocenters. The Hall–Kier alpha value is -0.860. The summed E-state index contributed by atoms with van der Waals surface area (Å²) in [6.07, 6.45) is -0.980. The summed E-state index contributed by atoms with van der Waals surface area (Å²) in [6, 6.07) is 7.39. The summed E-state index contributed by atoms with van der Waals surface area (Å²) in [5.74, 6) is 0. The van der Waals surface area contributed by atoms with E-state index in [0.717, 1.165) is 12.1 Å². The van der Waals surface area contributed by atoms with E-state index in [0.29, 0.717) is 19.2 Å². The number of morpholine rings is 1. The average Bonchev–Trinajstić information content (AvgIpc) is 2.19. The van der Waals surface area contributed by atoms with Crippen LogP contribution >= 0.6 is 0 Å². The fraction of sp³-hybridized carbons (Fsp3) is 0.400. The summed E-state index contributed by atoms with van der Waals surface area (Å²) in [7, 11) is 0. The second-order valence-corrected chi connectivity index (χ2v) is 2.74. The van der Waals surface area contributed by atoms with Crippen LogP contribution in [0.5, 0.6) is 0 Å². The first-order valence-corrected chi connectivity index (χ1v) is 4.12. The molecule has 1 fully saturated rings. The van der Waals surface area contributed by atoms with Gasteiger partial charge in [0.25, 0.3) is 0 Å². The van der Waals surface area contributed by atoms with Crippen molar-refractivity contribution in [2.75, 3.05) is 19.7 Å². The van der Waals surface area contributed by atoms with Gasteiger partial charge in [0, 0.05) is 13.1 Å². The van der Waals surface area contributed by atoms with Crippen molar-refractivity contribution in [3.05, 3.63) is 35.9 Å².